The Labute approximate surface area is 177 Å². The molecule has 4 aromatic rings. The molecular weight excluding hydrogens is 402 g/mol. The second-order valence-corrected chi connectivity index (χ2v) is 8.25. The number of aliphatic hydroxyl groups is 1. The number of hydrogen-bond donors (Lipinski definition) is 1. The Kier molecular flexibility index (Phi) is 4.62. The number of rotatable bonds is 7. The average Bonchev–Trinajstić information content (AvgIpc) is 3.44. The Bertz CT molecular complexity index is 1330. The summed E-state index contributed by atoms with van der Waals surface area (Å²) in [6.45, 7) is 4.56. The molecule has 1 aromatic carbocycles. The van der Waals surface area contributed by atoms with Gasteiger partial charge in [-0.15, -0.1) is 0 Å². The van der Waals surface area contributed by atoms with E-state index in [9.17, 15) is 9.90 Å². The van der Waals surface area contributed by atoms with E-state index in [0.717, 1.165) is 47.2 Å². The van der Waals surface area contributed by atoms with Gasteiger partial charge in [-0.25, -0.2) is 9.78 Å². The van der Waals surface area contributed by atoms with Gasteiger partial charge in [-0.2, -0.15) is 0 Å². The number of aliphatic hydroxyl groups excluding tert-OH is 1. The van der Waals surface area contributed by atoms with E-state index in [1.165, 1.54) is 0 Å². The molecule has 0 bridgehead atoms. The summed E-state index contributed by atoms with van der Waals surface area (Å²) in [5, 5.41) is 10.1. The molecule has 7 nitrogen and oxygen atoms in total. The van der Waals surface area contributed by atoms with Crippen molar-refractivity contribution < 1.29 is 5.11 Å². The van der Waals surface area contributed by atoms with Gasteiger partial charge in [0.2, 0.25) is 0 Å². The summed E-state index contributed by atoms with van der Waals surface area (Å²) in [4.78, 5) is 22.3. The highest BCUT2D eigenvalue weighted by Gasteiger charge is 2.29. The van der Waals surface area contributed by atoms with Gasteiger partial charge < -0.3 is 9.67 Å². The van der Waals surface area contributed by atoms with Crippen LogP contribution < -0.4 is 5.69 Å². The van der Waals surface area contributed by atoms with Crippen LogP contribution in [0.5, 0.6) is 0 Å². The average molecular weight is 424 g/mol. The van der Waals surface area contributed by atoms with Crippen molar-refractivity contribution in [3.05, 3.63) is 70.3 Å². The van der Waals surface area contributed by atoms with Gasteiger partial charge >= 0.3 is 5.69 Å². The number of hydrogen-bond acceptors (Lipinski definition) is 4. The van der Waals surface area contributed by atoms with Gasteiger partial charge in [-0.05, 0) is 43.5 Å². The maximum absolute atomic E-state index is 13.3. The van der Waals surface area contributed by atoms with Crippen molar-refractivity contribution in [2.24, 2.45) is 0 Å². The number of nitrogens with zero attached hydrogens (tertiary/aromatic N) is 5. The van der Waals surface area contributed by atoms with Crippen molar-refractivity contribution >= 4 is 33.7 Å². The minimum absolute atomic E-state index is 0.0270. The van der Waals surface area contributed by atoms with Crippen LogP contribution in [0.1, 0.15) is 37.5 Å². The molecule has 1 aliphatic rings. The second-order valence-electron chi connectivity index (χ2n) is 7.82. The van der Waals surface area contributed by atoms with Crippen LogP contribution in [0.3, 0.4) is 0 Å². The van der Waals surface area contributed by atoms with E-state index >= 15 is 0 Å². The van der Waals surface area contributed by atoms with Crippen LogP contribution in [0.25, 0.3) is 22.1 Å². The van der Waals surface area contributed by atoms with Crippen molar-refractivity contribution in [3.63, 3.8) is 0 Å². The van der Waals surface area contributed by atoms with Crippen LogP contribution in [-0.2, 0) is 13.1 Å². The summed E-state index contributed by atoms with van der Waals surface area (Å²) < 4.78 is 5.74. The summed E-state index contributed by atoms with van der Waals surface area (Å²) in [6.07, 6.45) is 6.76. The Morgan fingerprint density at radius 3 is 2.80 bits per heavy atom. The summed E-state index contributed by atoms with van der Waals surface area (Å²) in [6, 6.07) is 7.80. The smallest absolute Gasteiger partial charge is 0.329 e. The first-order chi connectivity index (χ1) is 14.5. The molecule has 3 heterocycles. The standard InChI is InChI=1S/C22H22ClN5O2/c1-14(29)3-2-10-26-18-7-4-15(23)11-17(18)25-21(26)13-27-20-12-24-9-8-19(20)28(22(27)30)16-5-6-16/h4,7-9,11-12,16,29H,1-3,5-6,10,13H2. The lowest BCUT2D eigenvalue weighted by molar-refractivity contribution is 0.381. The molecule has 3 aromatic heterocycles. The molecule has 154 valence electrons. The lowest BCUT2D eigenvalue weighted by atomic mass is 10.2. The van der Waals surface area contributed by atoms with Crippen LogP contribution in [0.2, 0.25) is 5.02 Å². The van der Waals surface area contributed by atoms with Gasteiger partial charge in [0.05, 0.1) is 40.6 Å². The summed E-state index contributed by atoms with van der Waals surface area (Å²) in [7, 11) is 0. The van der Waals surface area contributed by atoms with E-state index in [2.05, 4.69) is 16.1 Å². The predicted octanol–water partition coefficient (Wildman–Crippen LogP) is 4.44. The van der Waals surface area contributed by atoms with E-state index in [-0.39, 0.29) is 17.5 Å². The van der Waals surface area contributed by atoms with Gasteiger partial charge in [0.25, 0.3) is 0 Å². The molecule has 0 radical (unpaired) electrons. The van der Waals surface area contributed by atoms with E-state index in [1.54, 1.807) is 17.0 Å². The molecule has 1 aliphatic carbocycles. The third-order valence-electron chi connectivity index (χ3n) is 5.61. The zero-order valence-corrected chi connectivity index (χ0v) is 17.2. The van der Waals surface area contributed by atoms with Crippen LogP contribution in [-0.4, -0.2) is 28.8 Å². The number of imidazole rings is 2. The summed E-state index contributed by atoms with van der Waals surface area (Å²) in [5.74, 6) is 0.940. The maximum atomic E-state index is 13.3. The van der Waals surface area contributed by atoms with E-state index in [1.807, 2.05) is 28.8 Å². The number of halogens is 1. The molecule has 1 fully saturated rings. The van der Waals surface area contributed by atoms with E-state index < -0.39 is 0 Å². The first-order valence-electron chi connectivity index (χ1n) is 10.1. The molecule has 1 N–H and O–H groups in total. The highest BCUT2D eigenvalue weighted by atomic mass is 35.5. The molecule has 1 saturated carbocycles. The first-order valence-corrected chi connectivity index (χ1v) is 10.5. The van der Waals surface area contributed by atoms with Crippen molar-refractivity contribution in [2.45, 2.75) is 44.8 Å². The molecule has 8 heteroatoms. The summed E-state index contributed by atoms with van der Waals surface area (Å²) >= 11 is 6.17. The Morgan fingerprint density at radius 1 is 1.20 bits per heavy atom. The van der Waals surface area contributed by atoms with Gasteiger partial charge in [-0.3, -0.25) is 14.1 Å². The predicted molar refractivity (Wildman–Crippen MR) is 117 cm³/mol. The van der Waals surface area contributed by atoms with E-state index in [0.29, 0.717) is 24.5 Å². The number of pyridine rings is 1. The number of allylic oxidation sites excluding steroid dienone is 1. The van der Waals surface area contributed by atoms with Crippen LogP contribution in [0, 0.1) is 0 Å². The number of benzene rings is 1. The largest absolute Gasteiger partial charge is 0.513 e. The highest BCUT2D eigenvalue weighted by molar-refractivity contribution is 6.31. The fourth-order valence-electron chi connectivity index (χ4n) is 4.07. The quantitative estimate of drug-likeness (QED) is 0.446. The maximum Gasteiger partial charge on any atom is 0.329 e. The van der Waals surface area contributed by atoms with Gasteiger partial charge in [0.1, 0.15) is 5.82 Å². The zero-order valence-electron chi connectivity index (χ0n) is 16.5. The third kappa shape index (κ3) is 3.29. The SMILES string of the molecule is C=C(O)CCCn1c(Cn2c(=O)n(C3CC3)c3ccncc32)nc2cc(Cl)ccc21. The van der Waals surface area contributed by atoms with Gasteiger partial charge in [0.15, 0.2) is 0 Å². The lowest BCUT2D eigenvalue weighted by Crippen LogP contribution is -2.25. The van der Waals surface area contributed by atoms with Gasteiger partial charge in [0, 0.05) is 30.2 Å². The van der Waals surface area contributed by atoms with Gasteiger partial charge in [-0.1, -0.05) is 18.2 Å². The minimum atomic E-state index is -0.0270. The fourth-order valence-corrected chi connectivity index (χ4v) is 4.24. The third-order valence-corrected chi connectivity index (χ3v) is 5.85. The summed E-state index contributed by atoms with van der Waals surface area (Å²) in [5.41, 5.74) is 3.45. The van der Waals surface area contributed by atoms with Crippen molar-refractivity contribution in [1.29, 1.82) is 0 Å². The Morgan fingerprint density at radius 2 is 2.03 bits per heavy atom. The second kappa shape index (κ2) is 7.32. The van der Waals surface area contributed by atoms with E-state index in [4.69, 9.17) is 16.6 Å². The van der Waals surface area contributed by atoms with Crippen LogP contribution >= 0.6 is 11.6 Å². The molecule has 30 heavy (non-hydrogen) atoms. The molecular formula is C22H22ClN5O2. The topological polar surface area (TPSA) is 77.9 Å². The van der Waals surface area contributed by atoms with Crippen molar-refractivity contribution in [1.82, 2.24) is 23.7 Å². The number of aryl methyl sites for hydroxylation is 1. The molecule has 0 unspecified atom stereocenters. The van der Waals surface area contributed by atoms with Crippen molar-refractivity contribution in [2.75, 3.05) is 0 Å². The van der Waals surface area contributed by atoms with Crippen LogP contribution in [0.4, 0.5) is 0 Å². The first kappa shape index (κ1) is 18.9. The zero-order chi connectivity index (χ0) is 20.8. The number of aromatic nitrogens is 5. The Balaban J connectivity index is 1.61. The number of fused-ring (bicyclic) bond motifs is 2. The Hall–Kier alpha value is -3.06. The molecule has 0 spiro atoms. The molecule has 0 atom stereocenters. The normalized spacial score (nSPS) is 14.0. The minimum Gasteiger partial charge on any atom is -0.513 e. The molecule has 0 saturated heterocycles. The lowest BCUT2D eigenvalue weighted by Gasteiger charge is -2.10. The molecule has 5 rings (SSSR count). The van der Waals surface area contributed by atoms with Crippen molar-refractivity contribution in [3.8, 4) is 0 Å². The monoisotopic (exact) mass is 423 g/mol. The highest BCUT2D eigenvalue weighted by Crippen LogP contribution is 2.36. The molecule has 0 amide bonds. The molecule has 0 aliphatic heterocycles. The van der Waals surface area contributed by atoms with Crippen LogP contribution in [0.15, 0.2) is 53.8 Å². The fraction of sp³-hybridized carbons (Fsp3) is 0.318.